The average Bonchev–Trinajstić information content (AvgIpc) is 3.23. The van der Waals surface area contributed by atoms with E-state index in [-0.39, 0.29) is 18.4 Å². The van der Waals surface area contributed by atoms with Gasteiger partial charge in [0.2, 0.25) is 5.91 Å². The number of aromatic nitrogens is 2. The number of anilines is 1. The standard InChI is InChI=1S/C23H25N5O2/c29-14-15-2-1-3-16(10-15)17-11-19(23(30)25-13-17)22-26-20-5-4-18(12-21(20)27-22)28-8-6-24-7-9-28/h1-5,10,12-13,19,24,29H,6-9,11,14H2,(H,25,30)(H,26,27). The minimum atomic E-state index is -0.377. The molecular weight excluding hydrogens is 378 g/mol. The molecule has 3 heterocycles. The maximum atomic E-state index is 12.6. The molecule has 1 aromatic heterocycles. The van der Waals surface area contributed by atoms with Crippen molar-refractivity contribution in [3.63, 3.8) is 0 Å². The largest absolute Gasteiger partial charge is 0.392 e. The van der Waals surface area contributed by atoms with Crippen LogP contribution in [0.3, 0.4) is 0 Å². The highest BCUT2D eigenvalue weighted by Gasteiger charge is 2.28. The van der Waals surface area contributed by atoms with E-state index in [1.165, 1.54) is 5.69 Å². The molecule has 3 aromatic rings. The van der Waals surface area contributed by atoms with Crippen LogP contribution in [0.2, 0.25) is 0 Å². The molecule has 1 fully saturated rings. The van der Waals surface area contributed by atoms with Gasteiger partial charge < -0.3 is 25.6 Å². The van der Waals surface area contributed by atoms with Gasteiger partial charge in [0, 0.05) is 38.1 Å². The number of nitrogens with zero attached hydrogens (tertiary/aromatic N) is 2. The summed E-state index contributed by atoms with van der Waals surface area (Å²) >= 11 is 0. The Hall–Kier alpha value is -3.16. The molecule has 2 aromatic carbocycles. The van der Waals surface area contributed by atoms with E-state index in [1.54, 1.807) is 6.20 Å². The van der Waals surface area contributed by atoms with Gasteiger partial charge in [-0.15, -0.1) is 0 Å². The number of piperazine rings is 1. The predicted octanol–water partition coefficient (Wildman–Crippen LogP) is 2.11. The van der Waals surface area contributed by atoms with Crippen molar-refractivity contribution in [2.75, 3.05) is 31.1 Å². The fourth-order valence-electron chi connectivity index (χ4n) is 4.22. The SMILES string of the molecule is O=C1NC=C(c2cccc(CO)c2)CC1c1nc2ccc(N3CCNCC3)cc2[nH]1. The smallest absolute Gasteiger partial charge is 0.234 e. The molecule has 1 saturated heterocycles. The van der Waals surface area contributed by atoms with E-state index < -0.39 is 0 Å². The molecule has 1 unspecified atom stereocenters. The summed E-state index contributed by atoms with van der Waals surface area (Å²) in [7, 11) is 0. The highest BCUT2D eigenvalue weighted by Crippen LogP contribution is 2.32. The number of carbonyl (C=O) groups excluding carboxylic acids is 1. The molecular formula is C23H25N5O2. The maximum Gasteiger partial charge on any atom is 0.234 e. The fraction of sp³-hybridized carbons (Fsp3) is 0.304. The predicted molar refractivity (Wildman–Crippen MR) is 117 cm³/mol. The summed E-state index contributed by atoms with van der Waals surface area (Å²) in [4.78, 5) is 23.1. The second-order valence-corrected chi connectivity index (χ2v) is 7.85. The van der Waals surface area contributed by atoms with Crippen LogP contribution in [0.4, 0.5) is 5.69 Å². The third-order valence-electron chi connectivity index (χ3n) is 5.91. The normalized spacial score (nSPS) is 19.6. The van der Waals surface area contributed by atoms with Gasteiger partial charge in [-0.25, -0.2) is 4.98 Å². The van der Waals surface area contributed by atoms with Crippen LogP contribution in [0.5, 0.6) is 0 Å². The van der Waals surface area contributed by atoms with E-state index in [2.05, 4.69) is 32.7 Å². The zero-order valence-corrected chi connectivity index (χ0v) is 16.7. The van der Waals surface area contributed by atoms with Crippen LogP contribution in [0.15, 0.2) is 48.7 Å². The minimum Gasteiger partial charge on any atom is -0.392 e. The summed E-state index contributed by atoms with van der Waals surface area (Å²) in [5.74, 6) is 0.250. The number of hydrogen-bond acceptors (Lipinski definition) is 5. The van der Waals surface area contributed by atoms with Crippen molar-refractivity contribution in [1.29, 1.82) is 0 Å². The van der Waals surface area contributed by atoms with E-state index in [1.807, 2.05) is 30.3 Å². The number of hydrogen-bond donors (Lipinski definition) is 4. The molecule has 0 bridgehead atoms. The van der Waals surface area contributed by atoms with Gasteiger partial charge in [0.05, 0.1) is 17.6 Å². The number of H-pyrrole nitrogens is 1. The lowest BCUT2D eigenvalue weighted by Crippen LogP contribution is -2.43. The van der Waals surface area contributed by atoms with Crippen molar-refractivity contribution in [3.05, 3.63) is 65.6 Å². The molecule has 7 heteroatoms. The Morgan fingerprint density at radius 2 is 2.00 bits per heavy atom. The lowest BCUT2D eigenvalue weighted by atomic mass is 9.90. The van der Waals surface area contributed by atoms with Crippen molar-refractivity contribution in [2.45, 2.75) is 18.9 Å². The fourth-order valence-corrected chi connectivity index (χ4v) is 4.22. The molecule has 4 N–H and O–H groups in total. The first-order chi connectivity index (χ1) is 14.7. The Morgan fingerprint density at radius 3 is 2.83 bits per heavy atom. The van der Waals surface area contributed by atoms with Crippen LogP contribution in [-0.2, 0) is 11.4 Å². The third kappa shape index (κ3) is 3.58. The van der Waals surface area contributed by atoms with Gasteiger partial charge in [-0.1, -0.05) is 18.2 Å². The van der Waals surface area contributed by atoms with Crippen LogP contribution >= 0.6 is 0 Å². The number of rotatable bonds is 4. The lowest BCUT2D eigenvalue weighted by Gasteiger charge is -2.29. The highest BCUT2D eigenvalue weighted by atomic mass is 16.3. The number of aromatic amines is 1. The number of aliphatic hydroxyl groups excluding tert-OH is 1. The maximum absolute atomic E-state index is 12.6. The van der Waals surface area contributed by atoms with Gasteiger partial charge >= 0.3 is 0 Å². The van der Waals surface area contributed by atoms with Crippen molar-refractivity contribution in [3.8, 4) is 0 Å². The van der Waals surface area contributed by atoms with Crippen LogP contribution in [-0.4, -0.2) is 47.2 Å². The van der Waals surface area contributed by atoms with E-state index in [0.29, 0.717) is 12.2 Å². The number of nitrogens with one attached hydrogen (secondary N) is 3. The lowest BCUT2D eigenvalue weighted by molar-refractivity contribution is -0.121. The van der Waals surface area contributed by atoms with Crippen molar-refractivity contribution >= 4 is 28.2 Å². The second kappa shape index (κ2) is 7.93. The molecule has 1 atom stereocenters. The summed E-state index contributed by atoms with van der Waals surface area (Å²) in [5, 5.41) is 15.7. The molecule has 0 radical (unpaired) electrons. The first-order valence-electron chi connectivity index (χ1n) is 10.4. The number of amides is 1. The van der Waals surface area contributed by atoms with Gasteiger partial charge in [-0.2, -0.15) is 0 Å². The zero-order valence-electron chi connectivity index (χ0n) is 16.7. The molecule has 5 rings (SSSR count). The molecule has 2 aliphatic rings. The number of carbonyl (C=O) groups is 1. The molecule has 0 saturated carbocycles. The van der Waals surface area contributed by atoms with E-state index >= 15 is 0 Å². The summed E-state index contributed by atoms with van der Waals surface area (Å²) in [6.07, 6.45) is 2.33. The summed E-state index contributed by atoms with van der Waals surface area (Å²) in [6, 6.07) is 14.0. The summed E-state index contributed by atoms with van der Waals surface area (Å²) < 4.78 is 0. The van der Waals surface area contributed by atoms with Gasteiger partial charge in [0.25, 0.3) is 0 Å². The molecule has 7 nitrogen and oxygen atoms in total. The molecule has 1 amide bonds. The van der Waals surface area contributed by atoms with Gasteiger partial charge in [0.1, 0.15) is 11.7 Å². The van der Waals surface area contributed by atoms with Crippen molar-refractivity contribution in [2.24, 2.45) is 0 Å². The Bertz CT molecular complexity index is 1110. The second-order valence-electron chi connectivity index (χ2n) is 7.85. The van der Waals surface area contributed by atoms with E-state index in [9.17, 15) is 9.90 Å². The number of aliphatic hydroxyl groups is 1. The van der Waals surface area contributed by atoms with E-state index in [0.717, 1.165) is 53.9 Å². The highest BCUT2D eigenvalue weighted by molar-refractivity contribution is 5.91. The Kier molecular flexibility index (Phi) is 4.98. The number of benzene rings is 2. The van der Waals surface area contributed by atoms with Crippen LogP contribution in [0, 0.1) is 0 Å². The first-order valence-corrected chi connectivity index (χ1v) is 10.4. The minimum absolute atomic E-state index is 0.00407. The Morgan fingerprint density at radius 1 is 1.13 bits per heavy atom. The average molecular weight is 403 g/mol. The van der Waals surface area contributed by atoms with E-state index in [4.69, 9.17) is 4.98 Å². The number of allylic oxidation sites excluding steroid dienone is 1. The van der Waals surface area contributed by atoms with Gasteiger partial charge in [0.15, 0.2) is 0 Å². The summed E-state index contributed by atoms with van der Waals surface area (Å²) in [6.45, 7) is 3.94. The van der Waals surface area contributed by atoms with Crippen LogP contribution in [0.25, 0.3) is 16.6 Å². The molecule has 0 spiro atoms. The molecule has 154 valence electrons. The monoisotopic (exact) mass is 403 g/mol. The molecule has 30 heavy (non-hydrogen) atoms. The Labute approximate surface area is 174 Å². The van der Waals surface area contributed by atoms with Gasteiger partial charge in [-0.3, -0.25) is 4.79 Å². The zero-order chi connectivity index (χ0) is 20.5. The Balaban J connectivity index is 1.42. The van der Waals surface area contributed by atoms with Crippen LogP contribution in [0.1, 0.15) is 29.3 Å². The molecule has 0 aliphatic carbocycles. The summed E-state index contributed by atoms with van der Waals surface area (Å²) in [5.41, 5.74) is 5.88. The number of imidazole rings is 1. The topological polar surface area (TPSA) is 93.3 Å². The number of fused-ring (bicyclic) bond motifs is 1. The van der Waals surface area contributed by atoms with Gasteiger partial charge in [-0.05, 0) is 47.4 Å². The van der Waals surface area contributed by atoms with Crippen molar-refractivity contribution < 1.29 is 9.90 Å². The first kappa shape index (κ1) is 18.8. The van der Waals surface area contributed by atoms with Crippen molar-refractivity contribution in [1.82, 2.24) is 20.6 Å². The third-order valence-corrected chi connectivity index (χ3v) is 5.91. The quantitative estimate of drug-likeness (QED) is 0.535. The van der Waals surface area contributed by atoms with Crippen LogP contribution < -0.4 is 15.5 Å². The molecule has 2 aliphatic heterocycles.